The van der Waals surface area contributed by atoms with Crippen molar-refractivity contribution < 1.29 is 0 Å². The van der Waals surface area contributed by atoms with Crippen LogP contribution < -0.4 is 10.2 Å². The smallest absolute Gasteiger partial charge is 0.0540 e. The van der Waals surface area contributed by atoms with Crippen molar-refractivity contribution in [3.8, 4) is 33.4 Å². The van der Waals surface area contributed by atoms with Gasteiger partial charge in [-0.05, 0) is 106 Å². The normalized spacial score (nSPS) is 13.7. The molecule has 0 spiro atoms. The van der Waals surface area contributed by atoms with Crippen LogP contribution in [0.4, 0.5) is 28.4 Å². The van der Waals surface area contributed by atoms with Gasteiger partial charge in [0.1, 0.15) is 0 Å². The van der Waals surface area contributed by atoms with Crippen LogP contribution in [0.5, 0.6) is 0 Å². The van der Waals surface area contributed by atoms with E-state index in [1.54, 1.807) is 0 Å². The summed E-state index contributed by atoms with van der Waals surface area (Å²) in [5, 5.41) is 3.90. The molecule has 0 saturated heterocycles. The van der Waals surface area contributed by atoms with Gasteiger partial charge >= 0.3 is 0 Å². The molecule has 0 aliphatic heterocycles. The molecule has 1 atom stereocenters. The highest BCUT2D eigenvalue weighted by Crippen LogP contribution is 2.44. The molecule has 8 rings (SSSR count). The molecule has 0 fully saturated rings. The van der Waals surface area contributed by atoms with Crippen LogP contribution in [0.2, 0.25) is 0 Å². The van der Waals surface area contributed by atoms with Crippen LogP contribution in [0.1, 0.15) is 18.9 Å². The predicted molar refractivity (Wildman–Crippen MR) is 218 cm³/mol. The molecule has 246 valence electrons. The van der Waals surface area contributed by atoms with E-state index in [0.717, 1.165) is 34.9 Å². The summed E-state index contributed by atoms with van der Waals surface area (Å²) in [4.78, 5) is 2.29. The Balaban J connectivity index is 1.15. The molecule has 0 bridgehead atoms. The number of nitrogens with one attached hydrogen (secondary N) is 1. The Kier molecular flexibility index (Phi) is 9.13. The van der Waals surface area contributed by atoms with Crippen molar-refractivity contribution in [3.63, 3.8) is 0 Å². The molecule has 0 heterocycles. The number of benzene rings is 7. The highest BCUT2D eigenvalue weighted by molar-refractivity contribution is 5.95. The largest absolute Gasteiger partial charge is 0.355 e. The van der Waals surface area contributed by atoms with Crippen LogP contribution in [0.3, 0.4) is 0 Å². The number of hydrogen-bond donors (Lipinski definition) is 1. The summed E-state index contributed by atoms with van der Waals surface area (Å²) in [5.74, 6) is 0.412. The van der Waals surface area contributed by atoms with Crippen LogP contribution in [0, 0.1) is 5.92 Å². The third kappa shape index (κ3) is 6.90. The number of rotatable bonds is 9. The van der Waals surface area contributed by atoms with Crippen molar-refractivity contribution in [2.45, 2.75) is 13.3 Å². The lowest BCUT2D eigenvalue weighted by Crippen LogP contribution is -2.09. The number of allylic oxidation sites excluding steroid dienone is 4. The van der Waals surface area contributed by atoms with Crippen molar-refractivity contribution in [1.29, 1.82) is 0 Å². The van der Waals surface area contributed by atoms with E-state index in [0.29, 0.717) is 5.92 Å². The van der Waals surface area contributed by atoms with E-state index >= 15 is 0 Å². The molecule has 1 N–H and O–H groups in total. The molecular weight excluding hydrogens is 617 g/mol. The highest BCUT2D eigenvalue weighted by atomic mass is 15.1. The lowest BCUT2D eigenvalue weighted by atomic mass is 9.83. The summed E-state index contributed by atoms with van der Waals surface area (Å²) >= 11 is 0. The third-order valence-corrected chi connectivity index (χ3v) is 9.72. The molecule has 7 aromatic rings. The van der Waals surface area contributed by atoms with Gasteiger partial charge in [-0.2, -0.15) is 0 Å². The number of anilines is 5. The average molecular weight is 657 g/mol. The fourth-order valence-electron chi connectivity index (χ4n) is 7.04. The summed E-state index contributed by atoms with van der Waals surface area (Å²) in [7, 11) is 0. The van der Waals surface area contributed by atoms with Crippen LogP contribution in [-0.4, -0.2) is 0 Å². The van der Waals surface area contributed by atoms with Crippen molar-refractivity contribution in [2.75, 3.05) is 10.2 Å². The van der Waals surface area contributed by atoms with E-state index in [4.69, 9.17) is 0 Å². The van der Waals surface area contributed by atoms with Gasteiger partial charge in [0, 0.05) is 33.9 Å². The van der Waals surface area contributed by atoms with E-state index in [9.17, 15) is 0 Å². The number of nitrogens with zero attached hydrogens (tertiary/aromatic N) is 1. The molecule has 1 aliphatic carbocycles. The average Bonchev–Trinajstić information content (AvgIpc) is 3.20. The lowest BCUT2D eigenvalue weighted by Gasteiger charge is -2.25. The predicted octanol–water partition coefficient (Wildman–Crippen LogP) is 13.9. The molecule has 0 saturated carbocycles. The maximum absolute atomic E-state index is 3.90. The maximum atomic E-state index is 3.90. The zero-order valence-corrected chi connectivity index (χ0v) is 28.8. The topological polar surface area (TPSA) is 15.3 Å². The van der Waals surface area contributed by atoms with Crippen LogP contribution in [-0.2, 0) is 0 Å². The zero-order chi connectivity index (χ0) is 34.4. The minimum atomic E-state index is 0.412. The lowest BCUT2D eigenvalue weighted by molar-refractivity contribution is 0.759. The molecular formula is C49H40N2. The Morgan fingerprint density at radius 3 is 1.51 bits per heavy atom. The van der Waals surface area contributed by atoms with Gasteiger partial charge in [0.25, 0.3) is 0 Å². The molecule has 1 unspecified atom stereocenters. The molecule has 51 heavy (non-hydrogen) atoms. The first kappa shape index (κ1) is 31.9. The van der Waals surface area contributed by atoms with Crippen molar-refractivity contribution in [3.05, 3.63) is 206 Å². The SMILES string of the molecule is CC1CC=CC=C1c1cc(-c2ccccc2)cc(-c2ccccc2)c1Nc1ccc(-c2ccc(N(c3ccccc3)c3ccccc3)cc2)cc1. The van der Waals surface area contributed by atoms with Crippen molar-refractivity contribution >= 4 is 34.0 Å². The Labute approximate surface area is 301 Å². The van der Waals surface area contributed by atoms with E-state index in [-0.39, 0.29) is 0 Å². The minimum absolute atomic E-state index is 0.412. The summed E-state index contributed by atoms with van der Waals surface area (Å²) in [6, 6.07) is 64.9. The minimum Gasteiger partial charge on any atom is -0.355 e. The summed E-state index contributed by atoms with van der Waals surface area (Å²) in [6.45, 7) is 2.33. The summed E-state index contributed by atoms with van der Waals surface area (Å²) in [6.07, 6.45) is 7.80. The molecule has 2 nitrogen and oxygen atoms in total. The van der Waals surface area contributed by atoms with E-state index in [1.807, 2.05) is 0 Å². The fraction of sp³-hybridized carbons (Fsp3) is 0.0612. The molecule has 1 aliphatic rings. The Morgan fingerprint density at radius 2 is 0.941 bits per heavy atom. The van der Waals surface area contributed by atoms with Gasteiger partial charge in [-0.3, -0.25) is 0 Å². The standard InChI is InChI=1S/C49H40N2/c1-36-16-14-15-25-46(36)48-35-41(37-17-6-2-7-18-37)34-47(40-19-8-3-9-20-40)49(48)50-42-30-26-38(27-31-42)39-28-32-45(33-29-39)51(43-21-10-4-11-22-43)44-23-12-5-13-24-44/h2-15,17-36,50H,16H2,1H3. The zero-order valence-electron chi connectivity index (χ0n) is 28.8. The quantitative estimate of drug-likeness (QED) is 0.166. The number of hydrogen-bond acceptors (Lipinski definition) is 2. The van der Waals surface area contributed by atoms with Crippen molar-refractivity contribution in [1.82, 2.24) is 0 Å². The van der Waals surface area contributed by atoms with Gasteiger partial charge in [-0.1, -0.05) is 146 Å². The Bertz CT molecular complexity index is 2230. The highest BCUT2D eigenvalue weighted by Gasteiger charge is 2.21. The van der Waals surface area contributed by atoms with Gasteiger partial charge < -0.3 is 10.2 Å². The van der Waals surface area contributed by atoms with Crippen LogP contribution >= 0.6 is 0 Å². The Hall–Kier alpha value is -6.38. The Morgan fingerprint density at radius 1 is 0.471 bits per heavy atom. The molecule has 7 aromatic carbocycles. The molecule has 0 aromatic heterocycles. The monoisotopic (exact) mass is 656 g/mol. The van der Waals surface area contributed by atoms with E-state index < -0.39 is 0 Å². The summed E-state index contributed by atoms with van der Waals surface area (Å²) < 4.78 is 0. The molecule has 0 radical (unpaired) electrons. The second kappa shape index (κ2) is 14.6. The maximum Gasteiger partial charge on any atom is 0.0540 e. The first-order valence-electron chi connectivity index (χ1n) is 17.7. The second-order valence-corrected chi connectivity index (χ2v) is 13.1. The third-order valence-electron chi connectivity index (χ3n) is 9.72. The molecule has 0 amide bonds. The first-order valence-corrected chi connectivity index (χ1v) is 17.7. The van der Waals surface area contributed by atoms with Gasteiger partial charge in [0.05, 0.1) is 5.69 Å². The van der Waals surface area contributed by atoms with E-state index in [2.05, 4.69) is 217 Å². The summed E-state index contributed by atoms with van der Waals surface area (Å²) in [5.41, 5.74) is 15.3. The molecule has 2 heteroatoms. The van der Waals surface area contributed by atoms with E-state index in [1.165, 1.54) is 44.5 Å². The second-order valence-electron chi connectivity index (χ2n) is 13.1. The van der Waals surface area contributed by atoms with Crippen LogP contribution in [0.15, 0.2) is 200 Å². The van der Waals surface area contributed by atoms with Gasteiger partial charge in [-0.25, -0.2) is 0 Å². The van der Waals surface area contributed by atoms with Gasteiger partial charge in [0.2, 0.25) is 0 Å². The van der Waals surface area contributed by atoms with Gasteiger partial charge in [-0.15, -0.1) is 0 Å². The van der Waals surface area contributed by atoms with Crippen LogP contribution in [0.25, 0.3) is 39.0 Å². The van der Waals surface area contributed by atoms with Gasteiger partial charge in [0.15, 0.2) is 0 Å². The fourth-order valence-corrected chi connectivity index (χ4v) is 7.04. The van der Waals surface area contributed by atoms with Crippen molar-refractivity contribution in [2.24, 2.45) is 5.92 Å². The first-order chi connectivity index (χ1) is 25.2. The number of para-hydroxylation sites is 2.